The van der Waals surface area contributed by atoms with Gasteiger partial charge in [-0.2, -0.15) is 4.52 Å². The van der Waals surface area contributed by atoms with Gasteiger partial charge in [-0.05, 0) is 52.0 Å². The molecule has 0 radical (unpaired) electrons. The van der Waals surface area contributed by atoms with Crippen molar-refractivity contribution in [1.29, 1.82) is 0 Å². The summed E-state index contributed by atoms with van der Waals surface area (Å²) in [6.07, 6.45) is 8.03. The predicted octanol–water partition coefficient (Wildman–Crippen LogP) is 2.45. The van der Waals surface area contributed by atoms with Gasteiger partial charge in [0.05, 0.1) is 5.92 Å². The molecule has 170 valence electrons. The van der Waals surface area contributed by atoms with Crippen molar-refractivity contribution >= 4 is 27.3 Å². The molecule has 2 aliphatic rings. The van der Waals surface area contributed by atoms with E-state index in [1.54, 1.807) is 0 Å². The number of rotatable bonds is 7. The fourth-order valence-electron chi connectivity index (χ4n) is 4.86. The van der Waals surface area contributed by atoms with Crippen LogP contribution in [0.15, 0.2) is 10.9 Å². The van der Waals surface area contributed by atoms with Crippen LogP contribution in [0.5, 0.6) is 0 Å². The lowest BCUT2D eigenvalue weighted by atomic mass is 9.97. The first kappa shape index (κ1) is 22.2. The lowest BCUT2D eigenvalue weighted by Gasteiger charge is -2.35. The Morgan fingerprint density at radius 2 is 2.13 bits per heavy atom. The Bertz CT molecular complexity index is 957. The lowest BCUT2D eigenvalue weighted by Crippen LogP contribution is -2.44. The summed E-state index contributed by atoms with van der Waals surface area (Å²) >= 11 is 1.41. The van der Waals surface area contributed by atoms with Gasteiger partial charge in [0.1, 0.15) is 0 Å². The number of aryl methyl sites for hydroxylation is 1. The van der Waals surface area contributed by atoms with Crippen molar-refractivity contribution in [3.8, 4) is 0 Å². The normalized spacial score (nSPS) is 22.7. The van der Waals surface area contributed by atoms with Crippen LogP contribution in [0.2, 0.25) is 0 Å². The van der Waals surface area contributed by atoms with Crippen LogP contribution < -0.4 is 15.8 Å². The number of carbonyl (C=O) groups excluding carboxylic acids is 1. The van der Waals surface area contributed by atoms with Gasteiger partial charge in [0.15, 0.2) is 0 Å². The number of nitrogens with one attached hydrogen (secondary N) is 1. The second kappa shape index (κ2) is 10.1. The highest BCUT2D eigenvalue weighted by Gasteiger charge is 2.28. The zero-order chi connectivity index (χ0) is 21.8. The molecule has 0 unspecified atom stereocenters. The number of carbonyl (C=O) groups is 1. The van der Waals surface area contributed by atoms with E-state index in [-0.39, 0.29) is 17.4 Å². The minimum atomic E-state index is -0.157. The molecule has 0 saturated carbocycles. The molecule has 0 aliphatic carbocycles. The second-order valence-electron chi connectivity index (χ2n) is 8.84. The number of fused-ring (bicyclic) bond motifs is 1. The molecular weight excluding hydrogens is 412 g/mol. The van der Waals surface area contributed by atoms with Crippen molar-refractivity contribution in [1.82, 2.24) is 24.8 Å². The van der Waals surface area contributed by atoms with E-state index in [0.29, 0.717) is 17.2 Å². The third-order valence-corrected chi connectivity index (χ3v) is 7.54. The van der Waals surface area contributed by atoms with Crippen molar-refractivity contribution in [3.05, 3.63) is 22.1 Å². The number of nitrogens with zero attached hydrogens (tertiary/aromatic N) is 5. The molecule has 2 aliphatic heterocycles. The summed E-state index contributed by atoms with van der Waals surface area (Å²) in [5.41, 5.74) is 0.543. The highest BCUT2D eigenvalue weighted by Crippen LogP contribution is 2.27. The van der Waals surface area contributed by atoms with Gasteiger partial charge in [-0.3, -0.25) is 9.59 Å². The summed E-state index contributed by atoms with van der Waals surface area (Å²) in [5, 5.41) is 8.39. The number of anilines is 1. The van der Waals surface area contributed by atoms with Gasteiger partial charge in [-0.25, -0.2) is 4.98 Å². The lowest BCUT2D eigenvalue weighted by molar-refractivity contribution is -0.125. The SMILES string of the molecule is CC[C@@H]1CCCCN1CCCNC(=O)[C@H]1CCCN(c2nn3c(=O)cc(C)nc3s2)C1. The van der Waals surface area contributed by atoms with Crippen LogP contribution in [0, 0.1) is 12.8 Å². The van der Waals surface area contributed by atoms with E-state index < -0.39 is 0 Å². The van der Waals surface area contributed by atoms with E-state index in [9.17, 15) is 9.59 Å². The van der Waals surface area contributed by atoms with Crippen molar-refractivity contribution in [2.75, 3.05) is 37.6 Å². The van der Waals surface area contributed by atoms with Gasteiger partial charge in [-0.1, -0.05) is 24.7 Å². The maximum atomic E-state index is 12.8. The minimum absolute atomic E-state index is 0.0365. The number of aromatic nitrogens is 3. The highest BCUT2D eigenvalue weighted by atomic mass is 32.1. The molecule has 1 N–H and O–H groups in total. The number of likely N-dealkylation sites (tertiary alicyclic amines) is 1. The molecule has 0 bridgehead atoms. The summed E-state index contributed by atoms with van der Waals surface area (Å²) < 4.78 is 1.36. The molecule has 2 fully saturated rings. The van der Waals surface area contributed by atoms with Gasteiger partial charge >= 0.3 is 0 Å². The average Bonchev–Trinajstić information content (AvgIpc) is 3.21. The van der Waals surface area contributed by atoms with Crippen LogP contribution in [-0.4, -0.2) is 64.2 Å². The van der Waals surface area contributed by atoms with Crippen molar-refractivity contribution in [2.24, 2.45) is 5.92 Å². The topological polar surface area (TPSA) is 82.8 Å². The Morgan fingerprint density at radius 1 is 1.26 bits per heavy atom. The standard InChI is InChI=1S/C22H34N6O2S/c1-3-18-9-4-5-11-26(18)13-7-10-23-20(30)17-8-6-12-27(15-17)22-25-28-19(29)14-16(2)24-21(28)31-22/h14,17-18H,3-13,15H2,1-2H3,(H,23,30)/t17-,18+/m0/s1. The van der Waals surface area contributed by atoms with Crippen LogP contribution in [0.4, 0.5) is 5.13 Å². The fraction of sp³-hybridized carbons (Fsp3) is 0.727. The first-order chi connectivity index (χ1) is 15.0. The van der Waals surface area contributed by atoms with Gasteiger partial charge in [0.25, 0.3) is 5.56 Å². The van der Waals surface area contributed by atoms with Crippen LogP contribution in [0.25, 0.3) is 4.96 Å². The molecule has 9 heteroatoms. The summed E-state index contributed by atoms with van der Waals surface area (Å²) in [7, 11) is 0. The van der Waals surface area contributed by atoms with E-state index in [1.165, 1.54) is 54.1 Å². The number of amides is 1. The van der Waals surface area contributed by atoms with Gasteiger partial charge in [0, 0.05) is 44.0 Å². The molecule has 8 nitrogen and oxygen atoms in total. The van der Waals surface area contributed by atoms with Crippen molar-refractivity contribution in [2.45, 2.75) is 64.8 Å². The molecule has 4 heterocycles. The quantitative estimate of drug-likeness (QED) is 0.658. The summed E-state index contributed by atoms with van der Waals surface area (Å²) in [6, 6.07) is 2.21. The highest BCUT2D eigenvalue weighted by molar-refractivity contribution is 7.20. The molecule has 31 heavy (non-hydrogen) atoms. The maximum Gasteiger partial charge on any atom is 0.275 e. The summed E-state index contributed by atoms with van der Waals surface area (Å²) in [4.78, 5) is 34.7. The number of piperidine rings is 2. The molecular formula is C22H34N6O2S. The van der Waals surface area contributed by atoms with Crippen LogP contribution in [0.3, 0.4) is 0 Å². The molecule has 2 aromatic rings. The van der Waals surface area contributed by atoms with E-state index in [2.05, 4.69) is 32.1 Å². The van der Waals surface area contributed by atoms with Crippen LogP contribution >= 0.6 is 11.3 Å². The molecule has 0 aromatic carbocycles. The second-order valence-corrected chi connectivity index (χ2v) is 9.77. The molecule has 1 amide bonds. The molecule has 4 rings (SSSR count). The summed E-state index contributed by atoms with van der Waals surface area (Å²) in [5.74, 6) is 0.105. The molecule has 2 aromatic heterocycles. The fourth-order valence-corrected chi connectivity index (χ4v) is 5.85. The smallest absolute Gasteiger partial charge is 0.275 e. The number of hydrogen-bond donors (Lipinski definition) is 1. The Morgan fingerprint density at radius 3 is 2.97 bits per heavy atom. The monoisotopic (exact) mass is 446 g/mol. The largest absolute Gasteiger partial charge is 0.356 e. The summed E-state index contributed by atoms with van der Waals surface area (Å²) in [6.45, 7) is 8.59. The Kier molecular flexibility index (Phi) is 7.22. The first-order valence-corrected chi connectivity index (χ1v) is 12.5. The first-order valence-electron chi connectivity index (χ1n) is 11.7. The van der Waals surface area contributed by atoms with Crippen molar-refractivity contribution < 1.29 is 4.79 Å². The minimum Gasteiger partial charge on any atom is -0.356 e. The zero-order valence-corrected chi connectivity index (χ0v) is 19.5. The van der Waals surface area contributed by atoms with Gasteiger partial charge < -0.3 is 15.1 Å². The van der Waals surface area contributed by atoms with E-state index in [0.717, 1.165) is 50.1 Å². The van der Waals surface area contributed by atoms with E-state index in [1.807, 2.05) is 6.92 Å². The van der Waals surface area contributed by atoms with E-state index in [4.69, 9.17) is 0 Å². The Hall–Kier alpha value is -2.00. The molecule has 0 spiro atoms. The zero-order valence-electron chi connectivity index (χ0n) is 18.7. The Balaban J connectivity index is 1.29. The Labute approximate surface area is 187 Å². The van der Waals surface area contributed by atoms with E-state index >= 15 is 0 Å². The van der Waals surface area contributed by atoms with Gasteiger partial charge in [0.2, 0.25) is 16.0 Å². The third-order valence-electron chi connectivity index (χ3n) is 6.57. The van der Waals surface area contributed by atoms with Crippen LogP contribution in [0.1, 0.15) is 57.6 Å². The maximum absolute atomic E-state index is 12.8. The van der Waals surface area contributed by atoms with Gasteiger partial charge in [-0.15, -0.1) is 5.10 Å². The number of hydrogen-bond acceptors (Lipinski definition) is 7. The average molecular weight is 447 g/mol. The molecule has 2 saturated heterocycles. The third kappa shape index (κ3) is 5.26. The van der Waals surface area contributed by atoms with Crippen LogP contribution in [-0.2, 0) is 4.79 Å². The predicted molar refractivity (Wildman–Crippen MR) is 124 cm³/mol. The van der Waals surface area contributed by atoms with Crippen molar-refractivity contribution in [3.63, 3.8) is 0 Å². The molecule has 2 atom stereocenters.